The van der Waals surface area contributed by atoms with E-state index in [0.29, 0.717) is 24.3 Å². The van der Waals surface area contributed by atoms with Gasteiger partial charge in [0.15, 0.2) is 0 Å². The monoisotopic (exact) mass is 367 g/mol. The Morgan fingerprint density at radius 1 is 1.00 bits per heavy atom. The molecule has 2 amide bonds. The molecule has 1 unspecified atom stereocenters. The minimum atomic E-state index is -0.272. The summed E-state index contributed by atoms with van der Waals surface area (Å²) >= 11 is 0. The van der Waals surface area contributed by atoms with Gasteiger partial charge in [-0.3, -0.25) is 9.59 Å². The number of hydrogen-bond donors (Lipinski definition) is 3. The van der Waals surface area contributed by atoms with Crippen molar-refractivity contribution in [3.8, 4) is 0 Å². The number of rotatable bonds is 6. The minimum absolute atomic E-state index is 0.0535. The molecule has 0 aliphatic carbocycles. The van der Waals surface area contributed by atoms with Crippen molar-refractivity contribution in [1.82, 2.24) is 5.32 Å². The van der Waals surface area contributed by atoms with Crippen LogP contribution in [0.25, 0.3) is 0 Å². The molecule has 0 saturated heterocycles. The highest BCUT2D eigenvalue weighted by atomic mass is 16.2. The van der Waals surface area contributed by atoms with E-state index in [1.165, 1.54) is 5.56 Å². The zero-order valence-corrected chi connectivity index (χ0v) is 16.5. The lowest BCUT2D eigenvalue weighted by Gasteiger charge is -2.19. The van der Waals surface area contributed by atoms with Crippen LogP contribution < -0.4 is 16.4 Å². The maximum Gasteiger partial charge on any atom is 0.255 e. The first-order valence-corrected chi connectivity index (χ1v) is 9.22. The number of nitrogens with one attached hydrogen (secondary N) is 2. The zero-order valence-electron chi connectivity index (χ0n) is 16.5. The van der Waals surface area contributed by atoms with E-state index in [4.69, 9.17) is 5.73 Å². The van der Waals surface area contributed by atoms with Gasteiger partial charge in [0.25, 0.3) is 5.91 Å². The Hall–Kier alpha value is -2.66. The quantitative estimate of drug-likeness (QED) is 0.731. The molecule has 0 aliphatic heterocycles. The molecule has 5 heteroatoms. The van der Waals surface area contributed by atoms with Gasteiger partial charge in [-0.25, -0.2) is 0 Å². The number of hydrogen-bond acceptors (Lipinski definition) is 3. The van der Waals surface area contributed by atoms with Gasteiger partial charge >= 0.3 is 0 Å². The predicted molar refractivity (Wildman–Crippen MR) is 110 cm³/mol. The molecule has 2 rings (SSSR count). The summed E-state index contributed by atoms with van der Waals surface area (Å²) in [7, 11) is 0. The van der Waals surface area contributed by atoms with Crippen molar-refractivity contribution in [2.45, 2.75) is 39.0 Å². The fourth-order valence-corrected chi connectivity index (χ4v) is 2.68. The maximum atomic E-state index is 12.4. The molecule has 5 nitrogen and oxygen atoms in total. The fourth-order valence-electron chi connectivity index (χ4n) is 2.68. The molecule has 1 atom stereocenters. The lowest BCUT2D eigenvalue weighted by atomic mass is 9.87. The van der Waals surface area contributed by atoms with Crippen LogP contribution in [0.15, 0.2) is 48.5 Å². The van der Waals surface area contributed by atoms with Crippen LogP contribution in [0, 0.1) is 0 Å². The Morgan fingerprint density at radius 3 is 2.11 bits per heavy atom. The van der Waals surface area contributed by atoms with E-state index in [2.05, 4.69) is 31.4 Å². The number of anilines is 1. The SMILES string of the molecule is CC(C(=O)NCCN)c1ccc(NC(=O)c2ccc(C(C)(C)C)cc2)cc1. The van der Waals surface area contributed by atoms with E-state index in [9.17, 15) is 9.59 Å². The van der Waals surface area contributed by atoms with Gasteiger partial charge in [-0.05, 0) is 47.7 Å². The molecule has 0 bridgehead atoms. The van der Waals surface area contributed by atoms with Crippen molar-refractivity contribution < 1.29 is 9.59 Å². The van der Waals surface area contributed by atoms with Crippen molar-refractivity contribution in [1.29, 1.82) is 0 Å². The van der Waals surface area contributed by atoms with E-state index in [1.54, 1.807) is 0 Å². The summed E-state index contributed by atoms with van der Waals surface area (Å²) in [6, 6.07) is 15.0. The maximum absolute atomic E-state index is 12.4. The van der Waals surface area contributed by atoms with Gasteiger partial charge in [0.2, 0.25) is 5.91 Å². The number of nitrogens with two attached hydrogens (primary N) is 1. The molecule has 4 N–H and O–H groups in total. The summed E-state index contributed by atoms with van der Waals surface area (Å²) in [4.78, 5) is 24.4. The topological polar surface area (TPSA) is 84.2 Å². The van der Waals surface area contributed by atoms with Gasteiger partial charge in [-0.15, -0.1) is 0 Å². The van der Waals surface area contributed by atoms with E-state index < -0.39 is 0 Å². The normalized spacial score (nSPS) is 12.3. The Morgan fingerprint density at radius 2 is 1.59 bits per heavy atom. The van der Waals surface area contributed by atoms with Crippen LogP contribution in [0.4, 0.5) is 5.69 Å². The van der Waals surface area contributed by atoms with Gasteiger partial charge in [0, 0.05) is 24.3 Å². The fraction of sp³-hybridized carbons (Fsp3) is 0.364. The molecule has 0 aliphatic rings. The molecule has 2 aromatic carbocycles. The van der Waals surface area contributed by atoms with E-state index in [1.807, 2.05) is 55.5 Å². The van der Waals surface area contributed by atoms with Crippen molar-refractivity contribution in [2.24, 2.45) is 5.73 Å². The van der Waals surface area contributed by atoms with Crippen LogP contribution in [0.5, 0.6) is 0 Å². The standard InChI is InChI=1S/C22H29N3O2/c1-15(20(26)24-14-13-23)16-7-11-19(12-8-16)25-21(27)17-5-9-18(10-6-17)22(2,3)4/h5-12,15H,13-14,23H2,1-4H3,(H,24,26)(H,25,27). The Kier molecular flexibility index (Phi) is 6.75. The third kappa shape index (κ3) is 5.66. The van der Waals surface area contributed by atoms with Crippen LogP contribution >= 0.6 is 0 Å². The lowest BCUT2D eigenvalue weighted by molar-refractivity contribution is -0.122. The van der Waals surface area contributed by atoms with Crippen molar-refractivity contribution >= 4 is 17.5 Å². The summed E-state index contributed by atoms with van der Waals surface area (Å²) in [6.07, 6.45) is 0. The van der Waals surface area contributed by atoms with Crippen molar-refractivity contribution in [3.05, 3.63) is 65.2 Å². The largest absolute Gasteiger partial charge is 0.354 e. The molecular formula is C22H29N3O2. The molecule has 144 valence electrons. The molecule has 27 heavy (non-hydrogen) atoms. The molecule has 0 aromatic heterocycles. The second-order valence-electron chi connectivity index (χ2n) is 7.70. The van der Waals surface area contributed by atoms with Crippen LogP contribution in [0.3, 0.4) is 0 Å². The van der Waals surface area contributed by atoms with Crippen LogP contribution in [0.2, 0.25) is 0 Å². The zero-order chi connectivity index (χ0) is 20.0. The average Bonchev–Trinajstić information content (AvgIpc) is 2.65. The summed E-state index contributed by atoms with van der Waals surface area (Å²) in [5.41, 5.74) is 8.83. The van der Waals surface area contributed by atoms with Gasteiger partial charge in [-0.2, -0.15) is 0 Å². The van der Waals surface area contributed by atoms with Gasteiger partial charge in [0.1, 0.15) is 0 Å². The highest BCUT2D eigenvalue weighted by Crippen LogP contribution is 2.23. The number of carbonyl (C=O) groups excluding carboxylic acids is 2. The summed E-state index contributed by atoms with van der Waals surface area (Å²) in [5, 5.41) is 5.67. The first-order valence-electron chi connectivity index (χ1n) is 9.22. The lowest BCUT2D eigenvalue weighted by Crippen LogP contribution is -2.32. The van der Waals surface area contributed by atoms with Crippen molar-refractivity contribution in [3.63, 3.8) is 0 Å². The summed E-state index contributed by atoms with van der Waals surface area (Å²) in [5.74, 6) is -0.487. The number of benzene rings is 2. The van der Waals surface area contributed by atoms with Crippen LogP contribution in [0.1, 0.15) is 55.1 Å². The Balaban J connectivity index is 2.01. The minimum Gasteiger partial charge on any atom is -0.354 e. The van der Waals surface area contributed by atoms with E-state index in [0.717, 1.165) is 5.56 Å². The molecule has 0 spiro atoms. The second-order valence-corrected chi connectivity index (χ2v) is 7.70. The van der Waals surface area contributed by atoms with Gasteiger partial charge in [0.05, 0.1) is 5.92 Å². The van der Waals surface area contributed by atoms with Crippen LogP contribution in [-0.2, 0) is 10.2 Å². The Labute approximate surface area is 161 Å². The first kappa shape index (κ1) is 20.6. The average molecular weight is 367 g/mol. The second kappa shape index (κ2) is 8.82. The smallest absolute Gasteiger partial charge is 0.255 e. The molecule has 2 aromatic rings. The van der Waals surface area contributed by atoms with Crippen molar-refractivity contribution in [2.75, 3.05) is 18.4 Å². The third-order valence-electron chi connectivity index (χ3n) is 4.52. The van der Waals surface area contributed by atoms with Crippen LogP contribution in [-0.4, -0.2) is 24.9 Å². The third-order valence-corrected chi connectivity index (χ3v) is 4.52. The highest BCUT2D eigenvalue weighted by molar-refractivity contribution is 6.04. The predicted octanol–water partition coefficient (Wildman–Crippen LogP) is 3.41. The molecule has 0 saturated carbocycles. The molecule has 0 fully saturated rings. The molecule has 0 heterocycles. The summed E-state index contributed by atoms with van der Waals surface area (Å²) in [6.45, 7) is 9.14. The number of carbonyl (C=O) groups is 2. The van der Waals surface area contributed by atoms with E-state index >= 15 is 0 Å². The van der Waals surface area contributed by atoms with Gasteiger partial charge < -0.3 is 16.4 Å². The summed E-state index contributed by atoms with van der Waals surface area (Å²) < 4.78 is 0. The Bertz CT molecular complexity index is 775. The molecular weight excluding hydrogens is 338 g/mol. The highest BCUT2D eigenvalue weighted by Gasteiger charge is 2.16. The van der Waals surface area contributed by atoms with Gasteiger partial charge in [-0.1, -0.05) is 45.0 Å². The first-order chi connectivity index (χ1) is 12.7. The number of amides is 2. The van der Waals surface area contributed by atoms with E-state index in [-0.39, 0.29) is 23.1 Å². The molecule has 0 radical (unpaired) electrons.